The van der Waals surface area contributed by atoms with Gasteiger partial charge in [-0.15, -0.1) is 11.8 Å². The second-order valence-electron chi connectivity index (χ2n) is 7.27. The molecular weight excluding hydrogens is 415 g/mol. The predicted molar refractivity (Wildman–Crippen MR) is 122 cm³/mol. The summed E-state index contributed by atoms with van der Waals surface area (Å²) >= 11 is 1.85. The van der Waals surface area contributed by atoms with Crippen LogP contribution in [0, 0.1) is 12.7 Å². The topological polar surface area (TPSA) is 75.2 Å². The summed E-state index contributed by atoms with van der Waals surface area (Å²) in [5.74, 6) is 0.801. The summed E-state index contributed by atoms with van der Waals surface area (Å²) in [6, 6.07) is 13.1. The molecule has 1 aromatic heterocycles. The Balaban J connectivity index is 1.53. The highest BCUT2D eigenvalue weighted by molar-refractivity contribution is 7.99. The molecule has 164 valence electrons. The molecule has 0 spiro atoms. The Hall–Kier alpha value is -2.43. The van der Waals surface area contributed by atoms with Crippen LogP contribution in [0.2, 0.25) is 0 Å². The van der Waals surface area contributed by atoms with Gasteiger partial charge in [0.15, 0.2) is 11.6 Å². The number of thioether (sulfide) groups is 1. The van der Waals surface area contributed by atoms with Crippen molar-refractivity contribution < 1.29 is 9.13 Å². The van der Waals surface area contributed by atoms with E-state index in [1.807, 2.05) is 46.9 Å². The maximum atomic E-state index is 14.4. The number of halogens is 1. The molecule has 1 aliphatic heterocycles. The molecule has 0 saturated carbocycles. The van der Waals surface area contributed by atoms with E-state index in [0.717, 1.165) is 46.9 Å². The Bertz CT molecular complexity index is 1020. The number of nitrogens with one attached hydrogen (secondary N) is 4. The molecule has 2 heterocycles. The third-order valence-corrected chi connectivity index (χ3v) is 6.23. The minimum Gasteiger partial charge on any atom is -0.494 e. The van der Waals surface area contributed by atoms with E-state index >= 15 is 0 Å². The third kappa shape index (κ3) is 5.25. The zero-order valence-electron chi connectivity index (χ0n) is 17.6. The number of aryl methyl sites for hydroxylation is 1. The molecule has 0 bridgehead atoms. The number of benzene rings is 2. The molecule has 3 aromatic rings. The number of hydrogen-bond acceptors (Lipinski definition) is 7. The Kier molecular flexibility index (Phi) is 7.21. The molecule has 1 fully saturated rings. The molecule has 1 atom stereocenters. The van der Waals surface area contributed by atoms with Gasteiger partial charge < -0.3 is 10.1 Å². The summed E-state index contributed by atoms with van der Waals surface area (Å²) in [7, 11) is 1.46. The van der Waals surface area contributed by atoms with Gasteiger partial charge in [0.05, 0.1) is 23.9 Å². The van der Waals surface area contributed by atoms with Crippen molar-refractivity contribution in [3.8, 4) is 22.7 Å². The van der Waals surface area contributed by atoms with Crippen LogP contribution in [0.3, 0.4) is 0 Å². The normalized spacial score (nSPS) is 16.0. The molecule has 4 rings (SSSR count). The van der Waals surface area contributed by atoms with Crippen LogP contribution in [0.5, 0.6) is 5.75 Å². The molecular formula is C22H27FN6OS. The largest absolute Gasteiger partial charge is 0.494 e. The quantitative estimate of drug-likeness (QED) is 0.380. The molecule has 4 N–H and O–H groups in total. The number of aromatic nitrogens is 2. The van der Waals surface area contributed by atoms with E-state index in [-0.39, 0.29) is 5.75 Å². The van der Waals surface area contributed by atoms with Crippen molar-refractivity contribution in [3.05, 3.63) is 65.6 Å². The van der Waals surface area contributed by atoms with Gasteiger partial charge >= 0.3 is 0 Å². The zero-order chi connectivity index (χ0) is 21.6. The predicted octanol–water partition coefficient (Wildman–Crippen LogP) is 2.76. The van der Waals surface area contributed by atoms with Crippen molar-refractivity contribution >= 4 is 11.8 Å². The summed E-state index contributed by atoms with van der Waals surface area (Å²) in [6.07, 6.45) is 2.02. The summed E-state index contributed by atoms with van der Waals surface area (Å²) in [6.45, 7) is 4.44. The van der Waals surface area contributed by atoms with Gasteiger partial charge in [-0.1, -0.05) is 18.2 Å². The fraction of sp³-hybridized carbons (Fsp3) is 0.318. The maximum Gasteiger partial charge on any atom is 0.165 e. The van der Waals surface area contributed by atoms with Gasteiger partial charge in [0.25, 0.3) is 0 Å². The first-order valence-electron chi connectivity index (χ1n) is 10.2. The molecule has 0 aliphatic carbocycles. The van der Waals surface area contributed by atoms with Gasteiger partial charge in [-0.25, -0.2) is 19.9 Å². The Morgan fingerprint density at radius 3 is 2.90 bits per heavy atom. The van der Waals surface area contributed by atoms with E-state index in [2.05, 4.69) is 34.7 Å². The average molecular weight is 443 g/mol. The van der Waals surface area contributed by atoms with Crippen molar-refractivity contribution in [3.63, 3.8) is 0 Å². The van der Waals surface area contributed by atoms with Gasteiger partial charge in [0.1, 0.15) is 0 Å². The number of para-hydroxylation sites is 1. The van der Waals surface area contributed by atoms with Gasteiger partial charge in [0, 0.05) is 42.7 Å². The molecule has 9 heteroatoms. The maximum absolute atomic E-state index is 14.4. The summed E-state index contributed by atoms with van der Waals surface area (Å²) in [4.78, 5) is 0. The number of rotatable bonds is 9. The second-order valence-corrected chi connectivity index (χ2v) is 8.58. The number of nitrogens with zero attached hydrogens (tertiary/aromatic N) is 2. The fourth-order valence-corrected chi connectivity index (χ4v) is 4.35. The SMILES string of the molecule is COc1ccc(-c2nn(-c3ccccc3C)cc2CNCCSC2CNNN2)cc1F. The number of hydrazine groups is 2. The molecule has 1 saturated heterocycles. The lowest BCUT2D eigenvalue weighted by Crippen LogP contribution is -2.32. The molecule has 1 unspecified atom stereocenters. The molecule has 7 nitrogen and oxygen atoms in total. The van der Waals surface area contributed by atoms with E-state index in [4.69, 9.17) is 9.84 Å². The zero-order valence-corrected chi connectivity index (χ0v) is 18.4. The second kappa shape index (κ2) is 10.3. The smallest absolute Gasteiger partial charge is 0.165 e. The average Bonchev–Trinajstić information content (AvgIpc) is 3.44. The minimum atomic E-state index is -0.396. The van der Waals surface area contributed by atoms with Crippen LogP contribution in [0.4, 0.5) is 4.39 Å². The van der Waals surface area contributed by atoms with Gasteiger partial charge in [-0.2, -0.15) is 10.6 Å². The van der Waals surface area contributed by atoms with Gasteiger partial charge in [-0.05, 0) is 36.8 Å². The summed E-state index contributed by atoms with van der Waals surface area (Å²) in [5.41, 5.74) is 13.7. The van der Waals surface area contributed by atoms with Crippen molar-refractivity contribution in [1.29, 1.82) is 0 Å². The summed E-state index contributed by atoms with van der Waals surface area (Å²) in [5, 5.41) is 8.66. The first-order chi connectivity index (χ1) is 15.2. The molecule has 1 aliphatic rings. The van der Waals surface area contributed by atoms with E-state index < -0.39 is 5.82 Å². The standard InChI is InChI=1S/C22H27FN6OS/c1-15-5-3-4-6-19(15)29-14-17(12-24-9-10-31-21-13-25-28-26-21)22(27-29)16-7-8-20(30-2)18(23)11-16/h3-8,11,14,21,24-26,28H,9-10,12-13H2,1-2H3. The summed E-state index contributed by atoms with van der Waals surface area (Å²) < 4.78 is 21.3. The van der Waals surface area contributed by atoms with Crippen LogP contribution in [0.15, 0.2) is 48.7 Å². The van der Waals surface area contributed by atoms with Crippen LogP contribution in [0.1, 0.15) is 11.1 Å². The van der Waals surface area contributed by atoms with Crippen LogP contribution < -0.4 is 26.4 Å². The van der Waals surface area contributed by atoms with Crippen LogP contribution >= 0.6 is 11.8 Å². The third-order valence-electron chi connectivity index (χ3n) is 5.10. The number of hydrogen-bond donors (Lipinski definition) is 4. The van der Waals surface area contributed by atoms with Crippen LogP contribution in [-0.4, -0.2) is 41.1 Å². The highest BCUT2D eigenvalue weighted by atomic mass is 32.2. The lowest BCUT2D eigenvalue weighted by atomic mass is 10.1. The van der Waals surface area contributed by atoms with Crippen molar-refractivity contribution in [2.24, 2.45) is 0 Å². The van der Waals surface area contributed by atoms with E-state index in [9.17, 15) is 4.39 Å². The van der Waals surface area contributed by atoms with Crippen LogP contribution in [0.25, 0.3) is 16.9 Å². The number of methoxy groups -OCH3 is 1. The monoisotopic (exact) mass is 442 g/mol. The minimum absolute atomic E-state index is 0.225. The van der Waals surface area contributed by atoms with Gasteiger partial charge in [-0.3, -0.25) is 0 Å². The first kappa shape index (κ1) is 21.8. The molecule has 2 aromatic carbocycles. The van der Waals surface area contributed by atoms with Crippen molar-refractivity contribution in [1.82, 2.24) is 31.5 Å². The van der Waals surface area contributed by atoms with E-state index in [0.29, 0.717) is 11.9 Å². The van der Waals surface area contributed by atoms with E-state index in [1.54, 1.807) is 6.07 Å². The Morgan fingerprint density at radius 1 is 1.29 bits per heavy atom. The van der Waals surface area contributed by atoms with Crippen LogP contribution in [-0.2, 0) is 6.54 Å². The van der Waals surface area contributed by atoms with E-state index in [1.165, 1.54) is 13.2 Å². The lowest BCUT2D eigenvalue weighted by Gasteiger charge is -2.09. The Labute approximate surface area is 185 Å². The Morgan fingerprint density at radius 2 is 2.16 bits per heavy atom. The fourth-order valence-electron chi connectivity index (χ4n) is 3.46. The number of ether oxygens (including phenoxy) is 1. The highest BCUT2D eigenvalue weighted by Crippen LogP contribution is 2.28. The lowest BCUT2D eigenvalue weighted by molar-refractivity contribution is 0.386. The molecule has 0 amide bonds. The molecule has 0 radical (unpaired) electrons. The van der Waals surface area contributed by atoms with Crippen molar-refractivity contribution in [2.45, 2.75) is 18.8 Å². The first-order valence-corrected chi connectivity index (χ1v) is 11.2. The van der Waals surface area contributed by atoms with Gasteiger partial charge in [0.2, 0.25) is 0 Å². The van der Waals surface area contributed by atoms with Crippen molar-refractivity contribution in [2.75, 3.05) is 26.0 Å². The highest BCUT2D eigenvalue weighted by Gasteiger charge is 2.16. The molecule has 31 heavy (non-hydrogen) atoms.